The van der Waals surface area contributed by atoms with Gasteiger partial charge in [0.25, 0.3) is 0 Å². The summed E-state index contributed by atoms with van der Waals surface area (Å²) in [5, 5.41) is 3.26. The number of nitrogens with one attached hydrogen (secondary N) is 1. The monoisotopic (exact) mass is 201 g/mol. The molecule has 0 spiro atoms. The lowest BCUT2D eigenvalue weighted by Crippen LogP contribution is -2.31. The van der Waals surface area contributed by atoms with Crippen LogP contribution in [-0.2, 0) is 6.54 Å². The summed E-state index contributed by atoms with van der Waals surface area (Å²) < 4.78 is 2.31. The van der Waals surface area contributed by atoms with Gasteiger partial charge in [-0.05, 0) is 11.1 Å². The van der Waals surface area contributed by atoms with Crippen molar-refractivity contribution in [3.8, 4) is 0 Å². The second-order valence-corrected chi connectivity index (χ2v) is 3.85. The zero-order chi connectivity index (χ0) is 10.5. The highest BCUT2D eigenvalue weighted by Crippen LogP contribution is 2.06. The Morgan fingerprint density at radius 3 is 2.73 bits per heavy atom. The average Bonchev–Trinajstić information content (AvgIpc) is 2.31. The van der Waals surface area contributed by atoms with E-state index in [1.807, 2.05) is 6.08 Å². The van der Waals surface area contributed by atoms with Crippen molar-refractivity contribution in [2.45, 2.75) is 13.0 Å². The molecule has 2 heteroatoms. The van der Waals surface area contributed by atoms with E-state index in [2.05, 4.69) is 47.1 Å². The van der Waals surface area contributed by atoms with Crippen LogP contribution in [0.2, 0.25) is 0 Å². The van der Waals surface area contributed by atoms with Gasteiger partial charge in [-0.3, -0.25) is 9.89 Å². The Hall–Kier alpha value is -1.57. The Morgan fingerprint density at radius 1 is 1.33 bits per heavy atom. The molecule has 1 aromatic rings. The molecule has 1 aliphatic heterocycles. The molecule has 1 aliphatic rings. The van der Waals surface area contributed by atoms with E-state index in [-0.39, 0.29) is 0 Å². The lowest BCUT2D eigenvalue weighted by molar-refractivity contribution is -0.544. The number of benzene rings is 1. The largest absolute Gasteiger partial charge is 0.281 e. The smallest absolute Gasteiger partial charge is 0.232 e. The fourth-order valence-corrected chi connectivity index (χ4v) is 1.76. The summed E-state index contributed by atoms with van der Waals surface area (Å²) in [5.74, 6) is 0. The molecule has 1 N–H and O–H groups in total. The molecule has 1 aromatic carbocycles. The summed E-state index contributed by atoms with van der Waals surface area (Å²) in [6.07, 6.45) is 5.19. The molecule has 0 amide bonds. The fourth-order valence-electron chi connectivity index (χ4n) is 1.76. The first-order valence-corrected chi connectivity index (χ1v) is 5.40. The lowest BCUT2D eigenvalue weighted by Gasteiger charge is -2.11. The summed E-state index contributed by atoms with van der Waals surface area (Å²) in [7, 11) is 0. The van der Waals surface area contributed by atoms with E-state index in [1.165, 1.54) is 17.5 Å². The summed E-state index contributed by atoms with van der Waals surface area (Å²) in [6.45, 7) is 6.99. The van der Waals surface area contributed by atoms with Gasteiger partial charge in [0, 0.05) is 6.42 Å². The Kier molecular flexibility index (Phi) is 3.18. The van der Waals surface area contributed by atoms with Gasteiger partial charge in [-0.15, -0.1) is 0 Å². The third-order valence-corrected chi connectivity index (χ3v) is 2.64. The summed E-state index contributed by atoms with van der Waals surface area (Å²) in [6, 6.07) is 8.55. The van der Waals surface area contributed by atoms with Crippen molar-refractivity contribution >= 4 is 12.4 Å². The molecule has 0 unspecified atom stereocenters. The van der Waals surface area contributed by atoms with E-state index in [4.69, 9.17) is 0 Å². The molecular formula is C13H17N2+. The average molecular weight is 201 g/mol. The Labute approximate surface area is 90.9 Å². The van der Waals surface area contributed by atoms with Gasteiger partial charge in [-0.1, -0.05) is 36.9 Å². The van der Waals surface area contributed by atoms with Crippen molar-refractivity contribution in [2.75, 3.05) is 13.1 Å². The third-order valence-electron chi connectivity index (χ3n) is 2.64. The minimum Gasteiger partial charge on any atom is -0.281 e. The summed E-state index contributed by atoms with van der Waals surface area (Å²) >= 11 is 0. The van der Waals surface area contributed by atoms with Crippen LogP contribution < -0.4 is 5.32 Å². The van der Waals surface area contributed by atoms with Crippen LogP contribution in [0.5, 0.6) is 0 Å². The predicted molar refractivity (Wildman–Crippen MR) is 64.0 cm³/mol. The first kappa shape index (κ1) is 9.97. The van der Waals surface area contributed by atoms with Crippen molar-refractivity contribution in [2.24, 2.45) is 0 Å². The van der Waals surface area contributed by atoms with E-state index < -0.39 is 0 Å². The van der Waals surface area contributed by atoms with Gasteiger partial charge in [-0.2, -0.15) is 0 Å². The standard InChI is InChI=1S/C13H16N2/c1-2-12-4-6-13(7-5-12)10-15-9-3-8-14-11-15/h2,4-7,11H,1,3,8-10H2/p+1. The Balaban J connectivity index is 2.03. The van der Waals surface area contributed by atoms with Gasteiger partial charge in [0.05, 0.1) is 13.1 Å². The quantitative estimate of drug-likeness (QED) is 0.738. The van der Waals surface area contributed by atoms with E-state index in [1.54, 1.807) is 0 Å². The Bertz CT molecular complexity index is 363. The van der Waals surface area contributed by atoms with Crippen LogP contribution in [0.4, 0.5) is 0 Å². The third kappa shape index (κ3) is 2.69. The SMILES string of the molecule is C=Cc1ccc(C[N+]2=CNCCC2)cc1. The number of hydrogen-bond donors (Lipinski definition) is 1. The van der Waals surface area contributed by atoms with E-state index >= 15 is 0 Å². The Morgan fingerprint density at radius 2 is 2.13 bits per heavy atom. The molecule has 78 valence electrons. The van der Waals surface area contributed by atoms with Gasteiger partial charge < -0.3 is 0 Å². The maximum Gasteiger partial charge on any atom is 0.232 e. The molecule has 0 radical (unpaired) electrons. The predicted octanol–water partition coefficient (Wildman–Crippen LogP) is 1.86. The van der Waals surface area contributed by atoms with Gasteiger partial charge in [0.1, 0.15) is 6.54 Å². The van der Waals surface area contributed by atoms with Crippen LogP contribution >= 0.6 is 0 Å². The first-order chi connectivity index (χ1) is 7.38. The number of hydrogen-bond acceptors (Lipinski definition) is 1. The van der Waals surface area contributed by atoms with Crippen molar-refractivity contribution in [3.63, 3.8) is 0 Å². The van der Waals surface area contributed by atoms with Gasteiger partial charge >= 0.3 is 0 Å². The molecule has 0 bridgehead atoms. The van der Waals surface area contributed by atoms with Crippen LogP contribution in [0.15, 0.2) is 30.8 Å². The molecule has 0 saturated carbocycles. The van der Waals surface area contributed by atoms with Crippen LogP contribution in [0.1, 0.15) is 17.5 Å². The van der Waals surface area contributed by atoms with Gasteiger partial charge in [-0.25, -0.2) is 0 Å². The molecule has 0 atom stereocenters. The van der Waals surface area contributed by atoms with Crippen LogP contribution in [0.25, 0.3) is 6.08 Å². The molecule has 2 rings (SSSR count). The van der Waals surface area contributed by atoms with Crippen molar-refractivity contribution in [1.82, 2.24) is 5.32 Å². The topological polar surface area (TPSA) is 15.0 Å². The van der Waals surface area contributed by atoms with Crippen molar-refractivity contribution in [3.05, 3.63) is 42.0 Å². The second-order valence-electron chi connectivity index (χ2n) is 3.85. The van der Waals surface area contributed by atoms with Crippen LogP contribution in [0, 0.1) is 0 Å². The maximum atomic E-state index is 3.75. The lowest BCUT2D eigenvalue weighted by atomic mass is 10.1. The normalized spacial score (nSPS) is 15.3. The maximum absolute atomic E-state index is 3.75. The summed E-state index contributed by atoms with van der Waals surface area (Å²) in [5.41, 5.74) is 2.53. The number of nitrogens with zero attached hydrogens (tertiary/aromatic N) is 1. The van der Waals surface area contributed by atoms with E-state index in [9.17, 15) is 0 Å². The summed E-state index contributed by atoms with van der Waals surface area (Å²) in [4.78, 5) is 0. The molecular weight excluding hydrogens is 184 g/mol. The van der Waals surface area contributed by atoms with Crippen LogP contribution in [-0.4, -0.2) is 24.0 Å². The van der Waals surface area contributed by atoms with E-state index in [0.29, 0.717) is 0 Å². The molecule has 0 fully saturated rings. The number of rotatable bonds is 3. The molecule has 1 heterocycles. The zero-order valence-electron chi connectivity index (χ0n) is 8.95. The van der Waals surface area contributed by atoms with Crippen molar-refractivity contribution < 1.29 is 4.58 Å². The highest BCUT2D eigenvalue weighted by molar-refractivity contribution is 5.49. The highest BCUT2D eigenvalue weighted by atomic mass is 15.1. The molecule has 0 aromatic heterocycles. The highest BCUT2D eigenvalue weighted by Gasteiger charge is 2.07. The molecule has 15 heavy (non-hydrogen) atoms. The minimum absolute atomic E-state index is 0.990. The minimum atomic E-state index is 0.990. The van der Waals surface area contributed by atoms with Crippen molar-refractivity contribution in [1.29, 1.82) is 0 Å². The fraction of sp³-hybridized carbons (Fsp3) is 0.308. The molecule has 2 nitrogen and oxygen atoms in total. The van der Waals surface area contributed by atoms with E-state index in [0.717, 1.165) is 19.6 Å². The first-order valence-electron chi connectivity index (χ1n) is 5.40. The van der Waals surface area contributed by atoms with Gasteiger partial charge in [0.15, 0.2) is 0 Å². The van der Waals surface area contributed by atoms with Gasteiger partial charge in [0.2, 0.25) is 6.34 Å². The van der Waals surface area contributed by atoms with Crippen LogP contribution in [0.3, 0.4) is 0 Å². The molecule has 0 saturated heterocycles. The second kappa shape index (κ2) is 4.78. The molecule has 0 aliphatic carbocycles. The zero-order valence-corrected chi connectivity index (χ0v) is 8.95.